The van der Waals surface area contributed by atoms with Crippen molar-refractivity contribution in [3.8, 4) is 0 Å². The van der Waals surface area contributed by atoms with E-state index in [4.69, 9.17) is 0 Å². The molecule has 140 valence electrons. The number of hydrogen-bond acceptors (Lipinski definition) is 3. The van der Waals surface area contributed by atoms with E-state index in [1.165, 1.54) is 19.3 Å². The summed E-state index contributed by atoms with van der Waals surface area (Å²) in [4.78, 5) is 30.2. The third kappa shape index (κ3) is 3.24. The SMILES string of the molecule is CC(C)C(NC(=O)C12CC3CC(CC(C3)C1)C2)C(=O)Nc1ccccn1. The second kappa shape index (κ2) is 6.67. The number of amides is 2. The van der Waals surface area contributed by atoms with E-state index in [9.17, 15) is 9.59 Å². The average Bonchev–Trinajstić information content (AvgIpc) is 2.58. The Kier molecular flexibility index (Phi) is 4.49. The fraction of sp³-hybridized carbons (Fsp3) is 0.667. The van der Waals surface area contributed by atoms with E-state index >= 15 is 0 Å². The first-order valence-corrected chi connectivity index (χ1v) is 9.98. The number of pyridine rings is 1. The van der Waals surface area contributed by atoms with Gasteiger partial charge in [-0.25, -0.2) is 4.98 Å². The van der Waals surface area contributed by atoms with Crippen molar-refractivity contribution in [2.75, 3.05) is 5.32 Å². The zero-order chi connectivity index (χ0) is 18.3. The molecule has 4 fully saturated rings. The number of aromatic nitrogens is 1. The molecule has 4 aliphatic carbocycles. The van der Waals surface area contributed by atoms with Crippen LogP contribution < -0.4 is 10.6 Å². The van der Waals surface area contributed by atoms with E-state index in [1.807, 2.05) is 26.0 Å². The molecule has 1 atom stereocenters. The fourth-order valence-electron chi connectivity index (χ4n) is 5.86. The minimum Gasteiger partial charge on any atom is -0.344 e. The lowest BCUT2D eigenvalue weighted by molar-refractivity contribution is -0.148. The van der Waals surface area contributed by atoms with Crippen LogP contribution in [0, 0.1) is 29.1 Å². The molecule has 2 N–H and O–H groups in total. The van der Waals surface area contributed by atoms with E-state index < -0.39 is 6.04 Å². The van der Waals surface area contributed by atoms with Gasteiger partial charge in [-0.2, -0.15) is 0 Å². The molecule has 0 saturated heterocycles. The van der Waals surface area contributed by atoms with E-state index in [-0.39, 0.29) is 23.1 Å². The lowest BCUT2D eigenvalue weighted by Gasteiger charge is -2.55. The summed E-state index contributed by atoms with van der Waals surface area (Å²) in [5, 5.41) is 5.95. The Bertz CT molecular complexity index is 650. The van der Waals surface area contributed by atoms with Gasteiger partial charge in [-0.15, -0.1) is 0 Å². The van der Waals surface area contributed by atoms with Gasteiger partial charge >= 0.3 is 0 Å². The largest absolute Gasteiger partial charge is 0.344 e. The molecule has 1 unspecified atom stereocenters. The lowest BCUT2D eigenvalue weighted by atomic mass is 9.49. The first kappa shape index (κ1) is 17.5. The van der Waals surface area contributed by atoms with E-state index in [2.05, 4.69) is 15.6 Å². The normalized spacial score (nSPS) is 33.1. The molecular formula is C21H29N3O2. The molecule has 0 radical (unpaired) electrons. The molecule has 4 aliphatic rings. The third-order valence-corrected chi connectivity index (χ3v) is 6.67. The number of carbonyl (C=O) groups is 2. The highest BCUT2D eigenvalue weighted by Crippen LogP contribution is 2.60. The van der Waals surface area contributed by atoms with Crippen LogP contribution in [0.5, 0.6) is 0 Å². The summed E-state index contributed by atoms with van der Waals surface area (Å²) in [6.07, 6.45) is 8.60. The van der Waals surface area contributed by atoms with Crippen LogP contribution in [0.25, 0.3) is 0 Å². The zero-order valence-corrected chi connectivity index (χ0v) is 15.7. The van der Waals surface area contributed by atoms with Crippen LogP contribution in [0.3, 0.4) is 0 Å². The van der Waals surface area contributed by atoms with Crippen molar-refractivity contribution in [1.82, 2.24) is 10.3 Å². The molecule has 2 amide bonds. The Morgan fingerprint density at radius 3 is 2.19 bits per heavy atom. The van der Waals surface area contributed by atoms with Gasteiger partial charge in [-0.3, -0.25) is 9.59 Å². The van der Waals surface area contributed by atoms with Crippen molar-refractivity contribution >= 4 is 17.6 Å². The molecule has 1 aromatic rings. The third-order valence-electron chi connectivity index (χ3n) is 6.67. The first-order chi connectivity index (χ1) is 12.4. The van der Waals surface area contributed by atoms with Crippen molar-refractivity contribution in [3.05, 3.63) is 24.4 Å². The van der Waals surface area contributed by atoms with Gasteiger partial charge in [-0.05, 0) is 74.3 Å². The van der Waals surface area contributed by atoms with Crippen molar-refractivity contribution in [2.24, 2.45) is 29.1 Å². The topological polar surface area (TPSA) is 71.1 Å². The van der Waals surface area contributed by atoms with Gasteiger partial charge in [0.1, 0.15) is 11.9 Å². The first-order valence-electron chi connectivity index (χ1n) is 9.98. The number of nitrogens with one attached hydrogen (secondary N) is 2. The minimum absolute atomic E-state index is 0.0246. The van der Waals surface area contributed by atoms with Crippen LogP contribution >= 0.6 is 0 Å². The summed E-state index contributed by atoms with van der Waals surface area (Å²) in [6.45, 7) is 3.95. The summed E-state index contributed by atoms with van der Waals surface area (Å²) in [5.41, 5.74) is -0.229. The lowest BCUT2D eigenvalue weighted by Crippen LogP contribution is -2.57. The molecule has 0 aromatic carbocycles. The van der Waals surface area contributed by atoms with E-state index in [1.54, 1.807) is 12.3 Å². The molecular weight excluding hydrogens is 326 g/mol. The van der Waals surface area contributed by atoms with Crippen LogP contribution in [-0.2, 0) is 9.59 Å². The molecule has 5 rings (SSSR count). The molecule has 0 aliphatic heterocycles. The second-order valence-corrected chi connectivity index (χ2v) is 9.10. The summed E-state index contributed by atoms with van der Waals surface area (Å²) in [5.74, 6) is 2.61. The predicted molar refractivity (Wildman–Crippen MR) is 100 cm³/mol. The Morgan fingerprint density at radius 2 is 1.69 bits per heavy atom. The van der Waals surface area contributed by atoms with Gasteiger partial charge in [0.15, 0.2) is 0 Å². The van der Waals surface area contributed by atoms with Gasteiger partial charge < -0.3 is 10.6 Å². The van der Waals surface area contributed by atoms with E-state index in [0.29, 0.717) is 23.6 Å². The van der Waals surface area contributed by atoms with Gasteiger partial charge in [0.2, 0.25) is 11.8 Å². The summed E-state index contributed by atoms with van der Waals surface area (Å²) in [6, 6.07) is 4.87. The molecule has 26 heavy (non-hydrogen) atoms. The van der Waals surface area contributed by atoms with Crippen molar-refractivity contribution in [3.63, 3.8) is 0 Å². The number of hydrogen-bond donors (Lipinski definition) is 2. The van der Waals surface area contributed by atoms with Crippen molar-refractivity contribution in [2.45, 2.75) is 58.4 Å². The predicted octanol–water partition coefficient (Wildman–Crippen LogP) is 3.38. The van der Waals surface area contributed by atoms with Crippen molar-refractivity contribution in [1.29, 1.82) is 0 Å². The van der Waals surface area contributed by atoms with Crippen LogP contribution in [0.4, 0.5) is 5.82 Å². The quantitative estimate of drug-likeness (QED) is 0.850. The number of anilines is 1. The molecule has 1 heterocycles. The van der Waals surface area contributed by atoms with Crippen LogP contribution in [0.1, 0.15) is 52.4 Å². The van der Waals surface area contributed by atoms with Crippen LogP contribution in [0.15, 0.2) is 24.4 Å². The highest BCUT2D eigenvalue weighted by Gasteiger charge is 2.55. The van der Waals surface area contributed by atoms with Gasteiger partial charge in [-0.1, -0.05) is 19.9 Å². The molecule has 4 saturated carbocycles. The van der Waals surface area contributed by atoms with Gasteiger partial charge in [0.25, 0.3) is 0 Å². The van der Waals surface area contributed by atoms with Crippen LogP contribution in [-0.4, -0.2) is 22.8 Å². The smallest absolute Gasteiger partial charge is 0.248 e. The Balaban J connectivity index is 1.46. The Morgan fingerprint density at radius 1 is 1.08 bits per heavy atom. The van der Waals surface area contributed by atoms with Gasteiger partial charge in [0, 0.05) is 11.6 Å². The average molecular weight is 355 g/mol. The fourth-order valence-corrected chi connectivity index (χ4v) is 5.86. The zero-order valence-electron chi connectivity index (χ0n) is 15.7. The highest BCUT2D eigenvalue weighted by molar-refractivity contribution is 5.97. The monoisotopic (exact) mass is 355 g/mol. The molecule has 0 spiro atoms. The second-order valence-electron chi connectivity index (χ2n) is 9.10. The molecule has 5 nitrogen and oxygen atoms in total. The Hall–Kier alpha value is -1.91. The maximum atomic E-state index is 13.3. The number of carbonyl (C=O) groups excluding carboxylic acids is 2. The maximum Gasteiger partial charge on any atom is 0.248 e. The van der Waals surface area contributed by atoms with Crippen molar-refractivity contribution < 1.29 is 9.59 Å². The molecule has 1 aromatic heterocycles. The summed E-state index contributed by atoms with van der Waals surface area (Å²) in [7, 11) is 0. The number of rotatable bonds is 5. The number of nitrogens with zero attached hydrogens (tertiary/aromatic N) is 1. The highest BCUT2D eigenvalue weighted by atomic mass is 16.2. The van der Waals surface area contributed by atoms with Crippen LogP contribution in [0.2, 0.25) is 0 Å². The van der Waals surface area contributed by atoms with E-state index in [0.717, 1.165) is 19.3 Å². The maximum absolute atomic E-state index is 13.3. The molecule has 4 bridgehead atoms. The Labute approximate surface area is 155 Å². The standard InChI is InChI=1S/C21H29N3O2/c1-13(2)18(19(25)23-17-5-3-4-6-22-17)24-20(26)21-10-14-7-15(11-21)9-16(8-14)12-21/h3-6,13-16,18H,7-12H2,1-2H3,(H,24,26)(H,22,23,25). The summed E-state index contributed by atoms with van der Waals surface area (Å²) < 4.78 is 0. The molecule has 5 heteroatoms. The minimum atomic E-state index is -0.530. The van der Waals surface area contributed by atoms with Gasteiger partial charge in [0.05, 0.1) is 0 Å². The summed E-state index contributed by atoms with van der Waals surface area (Å²) >= 11 is 0.